The maximum Gasteiger partial charge on any atom is 0.169 e. The Balaban J connectivity index is 2.14. The number of rotatable bonds is 5. The first kappa shape index (κ1) is 12.4. The highest BCUT2D eigenvalue weighted by molar-refractivity contribution is 5.60. The molecule has 2 rings (SSSR count). The van der Waals surface area contributed by atoms with Crippen molar-refractivity contribution in [3.8, 4) is 11.1 Å². The summed E-state index contributed by atoms with van der Waals surface area (Å²) >= 11 is 0. The van der Waals surface area contributed by atoms with E-state index in [2.05, 4.69) is 48.1 Å². The van der Waals surface area contributed by atoms with Crippen molar-refractivity contribution in [3.05, 3.63) is 49.1 Å². The molecule has 3 heteroatoms. The summed E-state index contributed by atoms with van der Waals surface area (Å²) < 4.78 is 4.16. The third-order valence-electron chi connectivity index (χ3n) is 2.99. The van der Waals surface area contributed by atoms with Crippen molar-refractivity contribution in [2.75, 3.05) is 0 Å². The molecule has 0 unspecified atom stereocenters. The third kappa shape index (κ3) is 3.00. The zero-order valence-corrected chi connectivity index (χ0v) is 10.6. The summed E-state index contributed by atoms with van der Waals surface area (Å²) in [5.74, 6) is 0. The minimum atomic E-state index is 0.561. The number of aldehydes is 1. The lowest BCUT2D eigenvalue weighted by Gasteiger charge is -2.00. The molecule has 2 aromatic heterocycles. The van der Waals surface area contributed by atoms with Crippen LogP contribution in [-0.2, 0) is 17.9 Å². The highest BCUT2D eigenvalue weighted by Crippen LogP contribution is 2.15. The Bertz CT molecular complexity index is 503. The van der Waals surface area contributed by atoms with Gasteiger partial charge in [-0.25, -0.2) is 9.13 Å². The fourth-order valence-corrected chi connectivity index (χ4v) is 1.86. The fourth-order valence-electron chi connectivity index (χ4n) is 1.86. The van der Waals surface area contributed by atoms with Gasteiger partial charge in [0, 0.05) is 24.3 Å². The zero-order chi connectivity index (χ0) is 12.8. The van der Waals surface area contributed by atoms with E-state index in [0.29, 0.717) is 6.42 Å². The van der Waals surface area contributed by atoms with Crippen LogP contribution < -0.4 is 9.13 Å². The van der Waals surface area contributed by atoms with Crippen molar-refractivity contribution in [2.45, 2.75) is 26.4 Å². The van der Waals surface area contributed by atoms with Crippen LogP contribution in [0.4, 0.5) is 0 Å². The second kappa shape index (κ2) is 6.05. The van der Waals surface area contributed by atoms with E-state index in [-0.39, 0.29) is 0 Å². The van der Waals surface area contributed by atoms with Gasteiger partial charge < -0.3 is 4.79 Å². The molecule has 2 aromatic rings. The van der Waals surface area contributed by atoms with Crippen molar-refractivity contribution in [3.63, 3.8) is 0 Å². The van der Waals surface area contributed by atoms with Gasteiger partial charge in [-0.1, -0.05) is 0 Å². The van der Waals surface area contributed by atoms with E-state index in [9.17, 15) is 4.79 Å². The summed E-state index contributed by atoms with van der Waals surface area (Å²) in [6.07, 6.45) is 9.71. The van der Waals surface area contributed by atoms with E-state index >= 15 is 0 Å². The predicted molar refractivity (Wildman–Crippen MR) is 68.6 cm³/mol. The van der Waals surface area contributed by atoms with Crippen LogP contribution in [0.15, 0.2) is 49.1 Å². The van der Waals surface area contributed by atoms with E-state index in [1.165, 1.54) is 11.1 Å². The van der Waals surface area contributed by atoms with Crippen molar-refractivity contribution >= 4 is 6.29 Å². The smallest absolute Gasteiger partial charge is 0.169 e. The van der Waals surface area contributed by atoms with Crippen molar-refractivity contribution in [2.24, 2.45) is 0 Å². The lowest BCUT2D eigenvalue weighted by atomic mass is 10.1. The highest BCUT2D eigenvalue weighted by Gasteiger charge is 2.04. The van der Waals surface area contributed by atoms with Gasteiger partial charge in [-0.3, -0.25) is 0 Å². The van der Waals surface area contributed by atoms with Gasteiger partial charge in [0.1, 0.15) is 12.8 Å². The molecule has 0 aliphatic carbocycles. The number of aryl methyl sites for hydroxylation is 2. The number of pyridine rings is 2. The van der Waals surface area contributed by atoms with Gasteiger partial charge in [-0.05, 0) is 18.1 Å². The largest absolute Gasteiger partial charge is 0.303 e. The Hall–Kier alpha value is -2.03. The predicted octanol–water partition coefficient (Wildman–Crippen LogP) is 1.54. The van der Waals surface area contributed by atoms with Gasteiger partial charge in [0.25, 0.3) is 0 Å². The number of carbonyl (C=O) groups excluding carboxylic acids is 1. The Labute approximate surface area is 107 Å². The monoisotopic (exact) mass is 242 g/mol. The minimum Gasteiger partial charge on any atom is -0.303 e. The van der Waals surface area contributed by atoms with Crippen LogP contribution in [0.2, 0.25) is 0 Å². The average Bonchev–Trinajstić information content (AvgIpc) is 2.46. The molecule has 2 heterocycles. The minimum absolute atomic E-state index is 0.561. The average molecular weight is 242 g/mol. The fraction of sp³-hybridized carbons (Fsp3) is 0.267. The molecule has 0 spiro atoms. The van der Waals surface area contributed by atoms with Gasteiger partial charge in [-0.2, -0.15) is 0 Å². The number of aromatic nitrogens is 2. The first-order chi connectivity index (χ1) is 8.83. The molecule has 0 amide bonds. The van der Waals surface area contributed by atoms with Crippen LogP contribution in [0.3, 0.4) is 0 Å². The molecular formula is C15H18N2O+2. The summed E-state index contributed by atoms with van der Waals surface area (Å²) in [6.45, 7) is 3.85. The number of carbonyl (C=O) groups is 1. The summed E-state index contributed by atoms with van der Waals surface area (Å²) in [4.78, 5) is 10.3. The van der Waals surface area contributed by atoms with E-state index in [1.807, 2.05) is 17.0 Å². The van der Waals surface area contributed by atoms with Crippen LogP contribution in [0.1, 0.15) is 13.3 Å². The maximum absolute atomic E-state index is 10.3. The molecular weight excluding hydrogens is 224 g/mol. The quantitative estimate of drug-likeness (QED) is 0.576. The van der Waals surface area contributed by atoms with E-state index in [0.717, 1.165) is 19.4 Å². The van der Waals surface area contributed by atoms with Crippen LogP contribution in [0.25, 0.3) is 11.1 Å². The molecule has 3 nitrogen and oxygen atoms in total. The summed E-state index contributed by atoms with van der Waals surface area (Å²) in [7, 11) is 0. The summed E-state index contributed by atoms with van der Waals surface area (Å²) in [5, 5.41) is 0. The number of nitrogens with zero attached hydrogens (tertiary/aromatic N) is 2. The SMILES string of the molecule is CC[n+]1ccc(-c2cc[n+](CCC=O)cc2)cc1. The Kier molecular flexibility index (Phi) is 4.18. The highest BCUT2D eigenvalue weighted by atomic mass is 16.1. The molecule has 0 aromatic carbocycles. The van der Waals surface area contributed by atoms with Gasteiger partial charge in [0.2, 0.25) is 0 Å². The zero-order valence-electron chi connectivity index (χ0n) is 10.6. The molecule has 0 saturated carbocycles. The second-order valence-electron chi connectivity index (χ2n) is 4.20. The normalized spacial score (nSPS) is 10.3. The Morgan fingerprint density at radius 2 is 1.44 bits per heavy atom. The molecule has 0 aliphatic heterocycles. The van der Waals surface area contributed by atoms with Gasteiger partial charge in [0.15, 0.2) is 31.3 Å². The molecule has 18 heavy (non-hydrogen) atoms. The molecule has 0 aliphatic rings. The van der Waals surface area contributed by atoms with Gasteiger partial charge in [0.05, 0.1) is 6.42 Å². The van der Waals surface area contributed by atoms with E-state index < -0.39 is 0 Å². The van der Waals surface area contributed by atoms with E-state index in [4.69, 9.17) is 0 Å². The molecule has 0 bridgehead atoms. The van der Waals surface area contributed by atoms with Crippen LogP contribution >= 0.6 is 0 Å². The van der Waals surface area contributed by atoms with Crippen molar-refractivity contribution in [1.82, 2.24) is 0 Å². The van der Waals surface area contributed by atoms with Crippen LogP contribution in [-0.4, -0.2) is 6.29 Å². The number of hydrogen-bond acceptors (Lipinski definition) is 1. The Morgan fingerprint density at radius 3 is 1.89 bits per heavy atom. The topological polar surface area (TPSA) is 24.8 Å². The molecule has 0 fully saturated rings. The van der Waals surface area contributed by atoms with Gasteiger partial charge >= 0.3 is 0 Å². The third-order valence-corrected chi connectivity index (χ3v) is 2.99. The number of hydrogen-bond donors (Lipinski definition) is 0. The summed E-state index contributed by atoms with van der Waals surface area (Å²) in [5.41, 5.74) is 2.41. The standard InChI is InChI=1S/C15H18N2O/c1-2-16-9-4-14(5-10-16)15-6-11-17(12-7-15)8-3-13-18/h4-7,9-13H,2-3,8H2,1H3/q+2. The lowest BCUT2D eigenvalue weighted by Crippen LogP contribution is -2.32. The maximum atomic E-state index is 10.3. The molecule has 92 valence electrons. The van der Waals surface area contributed by atoms with E-state index in [1.54, 1.807) is 0 Å². The molecule has 0 atom stereocenters. The Morgan fingerprint density at radius 1 is 0.944 bits per heavy atom. The first-order valence-electron chi connectivity index (χ1n) is 6.25. The first-order valence-corrected chi connectivity index (χ1v) is 6.25. The lowest BCUT2D eigenvalue weighted by molar-refractivity contribution is -0.695. The van der Waals surface area contributed by atoms with Crippen LogP contribution in [0, 0.1) is 0 Å². The van der Waals surface area contributed by atoms with Gasteiger partial charge in [-0.15, -0.1) is 0 Å². The molecule has 0 saturated heterocycles. The van der Waals surface area contributed by atoms with Crippen LogP contribution in [0.5, 0.6) is 0 Å². The van der Waals surface area contributed by atoms with Crippen molar-refractivity contribution in [1.29, 1.82) is 0 Å². The molecule has 0 N–H and O–H groups in total. The van der Waals surface area contributed by atoms with Crippen molar-refractivity contribution < 1.29 is 13.9 Å². The molecule has 0 radical (unpaired) electrons. The summed E-state index contributed by atoms with van der Waals surface area (Å²) in [6, 6.07) is 8.40. The second-order valence-corrected chi connectivity index (χ2v) is 4.20.